The Kier molecular flexibility index (Phi) is 5.83. The van der Waals surface area contributed by atoms with Crippen LogP contribution in [-0.4, -0.2) is 22.6 Å². The molecule has 0 spiro atoms. The Hall–Kier alpha value is -2.01. The van der Waals surface area contributed by atoms with Crippen molar-refractivity contribution in [1.29, 1.82) is 0 Å². The van der Waals surface area contributed by atoms with E-state index in [0.29, 0.717) is 11.6 Å². The maximum Gasteiger partial charge on any atom is 0.251 e. The summed E-state index contributed by atoms with van der Waals surface area (Å²) in [4.78, 5) is 14.3. The van der Waals surface area contributed by atoms with Gasteiger partial charge in [-0.15, -0.1) is 0 Å². The molecule has 1 aromatic carbocycles. The zero-order chi connectivity index (χ0) is 15.9. The van der Waals surface area contributed by atoms with Gasteiger partial charge < -0.3 is 10.1 Å². The summed E-state index contributed by atoms with van der Waals surface area (Å²) in [6.07, 6.45) is 1.44. The van der Waals surface area contributed by atoms with Gasteiger partial charge in [-0.25, -0.2) is 0 Å². The number of rotatable bonds is 6. The lowest BCUT2D eigenvalue weighted by atomic mass is 10.2. The van der Waals surface area contributed by atoms with E-state index in [1.165, 1.54) is 18.0 Å². The van der Waals surface area contributed by atoms with E-state index in [9.17, 15) is 10.0 Å². The molecule has 0 N–H and O–H groups in total. The number of nitrogens with zero attached hydrogens (tertiary/aromatic N) is 2. The number of pyridine rings is 1. The number of hydrogen-bond acceptors (Lipinski definition) is 3. The SMILES string of the molecule is CC(C)N(Cc1ccccc1)C(=O)CSc1cccc[n+]1[O-]. The van der Waals surface area contributed by atoms with Crippen molar-refractivity contribution in [3.63, 3.8) is 0 Å². The molecule has 2 aromatic rings. The highest BCUT2D eigenvalue weighted by Crippen LogP contribution is 2.16. The molecule has 1 aromatic heterocycles. The van der Waals surface area contributed by atoms with E-state index in [-0.39, 0.29) is 17.7 Å². The lowest BCUT2D eigenvalue weighted by Gasteiger charge is -2.26. The van der Waals surface area contributed by atoms with Gasteiger partial charge in [-0.2, -0.15) is 4.73 Å². The molecule has 0 atom stereocenters. The third kappa shape index (κ3) is 4.49. The van der Waals surface area contributed by atoms with Gasteiger partial charge >= 0.3 is 0 Å². The van der Waals surface area contributed by atoms with Crippen molar-refractivity contribution in [3.05, 3.63) is 65.5 Å². The van der Waals surface area contributed by atoms with E-state index in [1.54, 1.807) is 18.2 Å². The largest absolute Gasteiger partial charge is 0.618 e. The molecule has 0 bridgehead atoms. The van der Waals surface area contributed by atoms with Crippen molar-refractivity contribution < 1.29 is 9.52 Å². The number of hydrogen-bond donors (Lipinski definition) is 0. The molecular weight excluding hydrogens is 296 g/mol. The molecule has 0 aliphatic heterocycles. The van der Waals surface area contributed by atoms with Crippen molar-refractivity contribution in [2.24, 2.45) is 0 Å². The molecule has 0 fully saturated rings. The van der Waals surface area contributed by atoms with Crippen molar-refractivity contribution in [2.45, 2.75) is 31.5 Å². The maximum absolute atomic E-state index is 12.5. The van der Waals surface area contributed by atoms with Gasteiger partial charge in [-0.1, -0.05) is 30.3 Å². The minimum Gasteiger partial charge on any atom is -0.618 e. The fourth-order valence-corrected chi connectivity index (χ4v) is 2.88. The fourth-order valence-electron chi connectivity index (χ4n) is 2.08. The van der Waals surface area contributed by atoms with Crippen LogP contribution in [0.1, 0.15) is 19.4 Å². The minimum atomic E-state index is 0.0349. The van der Waals surface area contributed by atoms with Gasteiger partial charge in [0.15, 0.2) is 6.20 Å². The Balaban J connectivity index is 2.00. The second kappa shape index (κ2) is 7.84. The molecule has 0 radical (unpaired) electrons. The van der Waals surface area contributed by atoms with Crippen LogP contribution in [0, 0.1) is 5.21 Å². The summed E-state index contributed by atoms with van der Waals surface area (Å²) in [5.41, 5.74) is 1.10. The monoisotopic (exact) mass is 316 g/mol. The molecule has 0 saturated heterocycles. The van der Waals surface area contributed by atoms with E-state index in [2.05, 4.69) is 0 Å². The standard InChI is InChI=1S/C17H20N2O2S/c1-14(2)18(12-15-8-4-3-5-9-15)16(20)13-22-17-10-6-7-11-19(17)21/h3-11,14H,12-13H2,1-2H3. The fraction of sp³-hybridized carbons (Fsp3) is 0.294. The molecule has 0 saturated carbocycles. The van der Waals surface area contributed by atoms with Gasteiger partial charge in [0, 0.05) is 24.7 Å². The first-order valence-corrected chi connectivity index (χ1v) is 8.21. The molecule has 0 aliphatic rings. The van der Waals surface area contributed by atoms with Gasteiger partial charge in [-0.3, -0.25) is 4.79 Å². The Morgan fingerprint density at radius 1 is 1.18 bits per heavy atom. The summed E-state index contributed by atoms with van der Waals surface area (Å²) in [5.74, 6) is 0.296. The summed E-state index contributed by atoms with van der Waals surface area (Å²) < 4.78 is 0.787. The van der Waals surface area contributed by atoms with Gasteiger partial charge in [-0.05, 0) is 37.2 Å². The Morgan fingerprint density at radius 3 is 2.50 bits per heavy atom. The second-order valence-electron chi connectivity index (χ2n) is 5.25. The smallest absolute Gasteiger partial charge is 0.251 e. The van der Waals surface area contributed by atoms with Gasteiger partial charge in [0.2, 0.25) is 5.91 Å². The maximum atomic E-state index is 12.5. The van der Waals surface area contributed by atoms with Crippen LogP contribution in [0.4, 0.5) is 0 Å². The number of carbonyl (C=O) groups is 1. The zero-order valence-electron chi connectivity index (χ0n) is 12.8. The molecule has 1 heterocycles. The van der Waals surface area contributed by atoms with Crippen LogP contribution in [0.3, 0.4) is 0 Å². The third-order valence-electron chi connectivity index (χ3n) is 3.27. The first-order valence-electron chi connectivity index (χ1n) is 7.22. The van der Waals surface area contributed by atoms with E-state index < -0.39 is 0 Å². The molecule has 5 heteroatoms. The van der Waals surface area contributed by atoms with Crippen LogP contribution < -0.4 is 4.73 Å². The highest BCUT2D eigenvalue weighted by atomic mass is 32.2. The molecule has 2 rings (SSSR count). The summed E-state index contributed by atoms with van der Waals surface area (Å²) >= 11 is 1.27. The predicted molar refractivity (Wildman–Crippen MR) is 88.3 cm³/mol. The first-order chi connectivity index (χ1) is 10.6. The second-order valence-corrected chi connectivity index (χ2v) is 6.25. The number of carbonyl (C=O) groups excluding carboxylic acids is 1. The molecule has 0 unspecified atom stereocenters. The van der Waals surface area contributed by atoms with Crippen LogP contribution >= 0.6 is 11.8 Å². The Morgan fingerprint density at radius 2 is 1.86 bits per heavy atom. The van der Waals surface area contributed by atoms with Crippen LogP contribution in [-0.2, 0) is 11.3 Å². The molecule has 22 heavy (non-hydrogen) atoms. The third-order valence-corrected chi connectivity index (χ3v) is 4.27. The molecule has 1 amide bonds. The molecule has 116 valence electrons. The number of amides is 1. The van der Waals surface area contributed by atoms with E-state index in [0.717, 1.165) is 10.3 Å². The summed E-state index contributed by atoms with van der Waals surface area (Å²) in [6.45, 7) is 4.59. The van der Waals surface area contributed by atoms with E-state index in [1.807, 2.05) is 49.1 Å². The van der Waals surface area contributed by atoms with Crippen LogP contribution in [0.2, 0.25) is 0 Å². The summed E-state index contributed by atoms with van der Waals surface area (Å²) in [5, 5.41) is 12.1. The lowest BCUT2D eigenvalue weighted by Crippen LogP contribution is -2.38. The average molecular weight is 316 g/mol. The summed E-state index contributed by atoms with van der Waals surface area (Å²) in [6, 6.07) is 15.2. The number of benzene rings is 1. The minimum absolute atomic E-state index is 0.0349. The van der Waals surface area contributed by atoms with Crippen LogP contribution in [0.5, 0.6) is 0 Å². The normalized spacial score (nSPS) is 10.7. The number of thioether (sulfide) groups is 1. The average Bonchev–Trinajstić information content (AvgIpc) is 2.52. The summed E-state index contributed by atoms with van der Waals surface area (Å²) in [7, 11) is 0. The van der Waals surface area contributed by atoms with Crippen molar-refractivity contribution in [2.75, 3.05) is 5.75 Å². The zero-order valence-corrected chi connectivity index (χ0v) is 13.6. The molecular formula is C17H20N2O2S. The van der Waals surface area contributed by atoms with Gasteiger partial charge in [0.1, 0.15) is 0 Å². The Labute approximate surface area is 135 Å². The van der Waals surface area contributed by atoms with Crippen molar-refractivity contribution in [1.82, 2.24) is 4.90 Å². The topological polar surface area (TPSA) is 47.2 Å². The lowest BCUT2D eigenvalue weighted by molar-refractivity contribution is -0.645. The number of aromatic nitrogens is 1. The van der Waals surface area contributed by atoms with E-state index >= 15 is 0 Å². The first kappa shape index (κ1) is 16.4. The predicted octanol–water partition coefficient (Wildman–Crippen LogP) is 2.85. The quantitative estimate of drug-likeness (QED) is 0.468. The molecule has 0 aliphatic carbocycles. The Bertz CT molecular complexity index is 617. The van der Waals surface area contributed by atoms with Crippen molar-refractivity contribution >= 4 is 17.7 Å². The van der Waals surface area contributed by atoms with Crippen LogP contribution in [0.25, 0.3) is 0 Å². The van der Waals surface area contributed by atoms with Gasteiger partial charge in [0.05, 0.1) is 5.75 Å². The van der Waals surface area contributed by atoms with Gasteiger partial charge in [0.25, 0.3) is 5.03 Å². The van der Waals surface area contributed by atoms with Crippen molar-refractivity contribution in [3.8, 4) is 0 Å². The highest BCUT2D eigenvalue weighted by molar-refractivity contribution is 7.99. The van der Waals surface area contributed by atoms with E-state index in [4.69, 9.17) is 0 Å². The van der Waals surface area contributed by atoms with Crippen LogP contribution in [0.15, 0.2) is 59.8 Å². The molecule has 4 nitrogen and oxygen atoms in total. The highest BCUT2D eigenvalue weighted by Gasteiger charge is 2.19.